The monoisotopic (exact) mass is 341 g/mol. The van der Waals surface area contributed by atoms with Crippen molar-refractivity contribution >= 4 is 11.6 Å². The maximum Gasteiger partial charge on any atom is 0.255 e. The third-order valence-corrected chi connectivity index (χ3v) is 4.29. The molecule has 132 valence electrons. The Labute approximate surface area is 147 Å². The predicted octanol–water partition coefficient (Wildman–Crippen LogP) is 2.82. The number of benzene rings is 1. The Morgan fingerprint density at radius 1 is 1.20 bits per heavy atom. The van der Waals surface area contributed by atoms with Crippen LogP contribution >= 0.6 is 0 Å². The number of rotatable bonds is 5. The highest BCUT2D eigenvalue weighted by Gasteiger charge is 2.18. The zero-order valence-corrected chi connectivity index (χ0v) is 14.6. The fourth-order valence-electron chi connectivity index (χ4n) is 2.78. The van der Waals surface area contributed by atoms with Crippen LogP contribution in [0.5, 0.6) is 11.6 Å². The van der Waals surface area contributed by atoms with Crippen molar-refractivity contribution in [3.05, 3.63) is 48.2 Å². The van der Waals surface area contributed by atoms with Crippen LogP contribution in [0.3, 0.4) is 0 Å². The Morgan fingerprint density at radius 3 is 2.60 bits per heavy atom. The number of ether oxygens (including phenoxy) is 2. The second kappa shape index (κ2) is 7.98. The quantitative estimate of drug-likeness (QED) is 0.906. The maximum absolute atomic E-state index is 12.3. The number of carbonyl (C=O) groups excluding carboxylic acids is 1. The zero-order valence-electron chi connectivity index (χ0n) is 14.6. The second-order valence-corrected chi connectivity index (χ2v) is 6.19. The smallest absolute Gasteiger partial charge is 0.255 e. The summed E-state index contributed by atoms with van der Waals surface area (Å²) in [4.78, 5) is 18.6. The van der Waals surface area contributed by atoms with Gasteiger partial charge in [0.15, 0.2) is 0 Å². The van der Waals surface area contributed by atoms with Crippen LogP contribution in [0.4, 0.5) is 5.69 Å². The Hall–Kier alpha value is -2.60. The summed E-state index contributed by atoms with van der Waals surface area (Å²) in [6.45, 7) is 2.13. The molecule has 1 fully saturated rings. The average molecular weight is 341 g/mol. The number of aromatic nitrogens is 1. The van der Waals surface area contributed by atoms with Crippen molar-refractivity contribution in [2.75, 3.05) is 32.6 Å². The van der Waals surface area contributed by atoms with Crippen molar-refractivity contribution in [3.63, 3.8) is 0 Å². The van der Waals surface area contributed by atoms with E-state index in [-0.39, 0.29) is 12.0 Å². The number of hydrogen-bond donors (Lipinski definition) is 1. The summed E-state index contributed by atoms with van der Waals surface area (Å²) in [7, 11) is 3.65. The van der Waals surface area contributed by atoms with Crippen molar-refractivity contribution < 1.29 is 14.3 Å². The number of anilines is 1. The molecular formula is C19H23N3O3. The minimum Gasteiger partial charge on any atom is -0.490 e. The fourth-order valence-corrected chi connectivity index (χ4v) is 2.78. The van der Waals surface area contributed by atoms with Crippen LogP contribution in [0.15, 0.2) is 42.6 Å². The van der Waals surface area contributed by atoms with Crippen LogP contribution in [-0.4, -0.2) is 49.1 Å². The molecule has 2 heterocycles. The summed E-state index contributed by atoms with van der Waals surface area (Å²) in [6.07, 6.45) is 3.89. The van der Waals surface area contributed by atoms with Crippen LogP contribution in [0.1, 0.15) is 23.2 Å². The van der Waals surface area contributed by atoms with Crippen molar-refractivity contribution in [2.24, 2.45) is 0 Å². The summed E-state index contributed by atoms with van der Waals surface area (Å²) in [5, 5.41) is 2.86. The fraction of sp³-hybridized carbons (Fsp3) is 0.368. The van der Waals surface area contributed by atoms with E-state index in [1.165, 1.54) is 7.11 Å². The molecule has 1 amide bonds. The molecule has 25 heavy (non-hydrogen) atoms. The lowest BCUT2D eigenvalue weighted by Crippen LogP contribution is -2.35. The van der Waals surface area contributed by atoms with E-state index < -0.39 is 0 Å². The molecule has 1 aliphatic rings. The lowest BCUT2D eigenvalue weighted by molar-refractivity contribution is 0.102. The van der Waals surface area contributed by atoms with Gasteiger partial charge in [0.05, 0.1) is 7.11 Å². The van der Waals surface area contributed by atoms with Gasteiger partial charge in [0, 0.05) is 36.6 Å². The van der Waals surface area contributed by atoms with Crippen LogP contribution in [-0.2, 0) is 0 Å². The zero-order chi connectivity index (χ0) is 17.6. The van der Waals surface area contributed by atoms with Gasteiger partial charge in [0.1, 0.15) is 11.9 Å². The normalized spacial score (nSPS) is 15.6. The lowest BCUT2D eigenvalue weighted by Gasteiger charge is -2.29. The van der Waals surface area contributed by atoms with Gasteiger partial charge in [-0.15, -0.1) is 0 Å². The summed E-state index contributed by atoms with van der Waals surface area (Å²) in [5.74, 6) is 1.04. The molecular weight excluding hydrogens is 318 g/mol. The first kappa shape index (κ1) is 17.2. The summed E-state index contributed by atoms with van der Waals surface area (Å²) in [6, 6.07) is 10.7. The van der Waals surface area contributed by atoms with Crippen molar-refractivity contribution in [1.29, 1.82) is 0 Å². The number of nitrogens with one attached hydrogen (secondary N) is 1. The first-order chi connectivity index (χ1) is 12.1. The van der Waals surface area contributed by atoms with Gasteiger partial charge in [-0.2, -0.15) is 0 Å². The first-order valence-electron chi connectivity index (χ1n) is 8.41. The van der Waals surface area contributed by atoms with Gasteiger partial charge in [-0.25, -0.2) is 4.98 Å². The molecule has 1 saturated heterocycles. The lowest BCUT2D eigenvalue weighted by atomic mass is 10.1. The second-order valence-electron chi connectivity index (χ2n) is 6.19. The van der Waals surface area contributed by atoms with E-state index in [1.54, 1.807) is 18.3 Å². The van der Waals surface area contributed by atoms with E-state index in [2.05, 4.69) is 22.2 Å². The van der Waals surface area contributed by atoms with E-state index in [0.29, 0.717) is 11.4 Å². The molecule has 2 aromatic rings. The number of pyridine rings is 1. The Morgan fingerprint density at radius 2 is 1.92 bits per heavy atom. The Balaban J connectivity index is 1.57. The molecule has 0 atom stereocenters. The van der Waals surface area contributed by atoms with E-state index in [1.807, 2.05) is 24.3 Å². The van der Waals surface area contributed by atoms with Crippen molar-refractivity contribution in [3.8, 4) is 11.6 Å². The number of carbonyl (C=O) groups is 1. The highest BCUT2D eigenvalue weighted by atomic mass is 16.5. The van der Waals surface area contributed by atoms with Crippen LogP contribution in [0, 0.1) is 0 Å². The molecule has 1 aromatic carbocycles. The summed E-state index contributed by atoms with van der Waals surface area (Å²) < 4.78 is 11.1. The SMILES string of the molecule is COc1cc(C(=O)Nc2ccc(OC3CCN(C)CC3)cc2)ccn1. The third-order valence-electron chi connectivity index (χ3n) is 4.29. The summed E-state index contributed by atoms with van der Waals surface area (Å²) >= 11 is 0. The molecule has 0 unspecified atom stereocenters. The largest absolute Gasteiger partial charge is 0.490 e. The van der Waals surface area contributed by atoms with E-state index in [0.717, 1.165) is 37.4 Å². The van der Waals surface area contributed by atoms with Gasteiger partial charge in [-0.3, -0.25) is 4.79 Å². The van der Waals surface area contributed by atoms with Gasteiger partial charge in [-0.1, -0.05) is 0 Å². The van der Waals surface area contributed by atoms with Crippen molar-refractivity contribution in [1.82, 2.24) is 9.88 Å². The maximum atomic E-state index is 12.3. The molecule has 0 aliphatic carbocycles. The predicted molar refractivity (Wildman–Crippen MR) is 96.3 cm³/mol. The van der Waals surface area contributed by atoms with Gasteiger partial charge in [-0.05, 0) is 50.2 Å². The molecule has 3 rings (SSSR count). The molecule has 1 N–H and O–H groups in total. The highest BCUT2D eigenvalue weighted by Crippen LogP contribution is 2.21. The molecule has 6 nitrogen and oxygen atoms in total. The molecule has 1 aromatic heterocycles. The number of likely N-dealkylation sites (tertiary alicyclic amines) is 1. The minimum atomic E-state index is -0.204. The number of nitrogens with zero attached hydrogens (tertiary/aromatic N) is 2. The number of amides is 1. The van der Waals surface area contributed by atoms with E-state index >= 15 is 0 Å². The number of piperidine rings is 1. The minimum absolute atomic E-state index is 0.204. The topological polar surface area (TPSA) is 63.7 Å². The molecule has 0 bridgehead atoms. The van der Waals surface area contributed by atoms with Crippen molar-refractivity contribution in [2.45, 2.75) is 18.9 Å². The van der Waals surface area contributed by atoms with Crippen LogP contribution in [0.25, 0.3) is 0 Å². The summed E-state index contributed by atoms with van der Waals surface area (Å²) in [5.41, 5.74) is 1.22. The van der Waals surface area contributed by atoms with Crippen LogP contribution in [0.2, 0.25) is 0 Å². The standard InChI is InChI=1S/C19H23N3O3/c1-22-11-8-17(9-12-22)25-16-5-3-15(4-6-16)21-19(23)14-7-10-20-18(13-14)24-2/h3-7,10,13,17H,8-9,11-12H2,1-2H3,(H,21,23). The van der Waals surface area contributed by atoms with E-state index in [9.17, 15) is 4.79 Å². The molecule has 1 aliphatic heterocycles. The first-order valence-corrected chi connectivity index (χ1v) is 8.41. The van der Waals surface area contributed by atoms with E-state index in [4.69, 9.17) is 9.47 Å². The number of methoxy groups -OCH3 is 1. The van der Waals surface area contributed by atoms with Gasteiger partial charge < -0.3 is 19.7 Å². The number of hydrogen-bond acceptors (Lipinski definition) is 5. The van der Waals surface area contributed by atoms with Gasteiger partial charge in [0.25, 0.3) is 5.91 Å². The molecule has 0 saturated carbocycles. The third kappa shape index (κ3) is 4.70. The van der Waals surface area contributed by atoms with Gasteiger partial charge in [0.2, 0.25) is 5.88 Å². The Kier molecular flexibility index (Phi) is 5.50. The average Bonchev–Trinajstić information content (AvgIpc) is 2.65. The van der Waals surface area contributed by atoms with Crippen LogP contribution < -0.4 is 14.8 Å². The molecule has 6 heteroatoms. The Bertz CT molecular complexity index is 710. The molecule has 0 spiro atoms. The van der Waals surface area contributed by atoms with Gasteiger partial charge >= 0.3 is 0 Å². The molecule has 0 radical (unpaired) electrons. The highest BCUT2D eigenvalue weighted by molar-refractivity contribution is 6.04.